The van der Waals surface area contributed by atoms with E-state index in [1.54, 1.807) is 22.0 Å². The number of rotatable bonds is 6. The van der Waals surface area contributed by atoms with Crippen LogP contribution < -0.4 is 0 Å². The molecule has 1 saturated heterocycles. The molecule has 2 aliphatic rings. The van der Waals surface area contributed by atoms with Crippen molar-refractivity contribution in [1.29, 1.82) is 0 Å². The van der Waals surface area contributed by atoms with Gasteiger partial charge in [-0.25, -0.2) is 18.4 Å². The van der Waals surface area contributed by atoms with Gasteiger partial charge in [0.05, 0.1) is 10.6 Å². The highest BCUT2D eigenvalue weighted by molar-refractivity contribution is 6.31. The molecule has 186 valence electrons. The van der Waals surface area contributed by atoms with Crippen LogP contribution >= 0.6 is 11.6 Å². The lowest BCUT2D eigenvalue weighted by Crippen LogP contribution is -2.48. The molecule has 0 bridgehead atoms. The van der Waals surface area contributed by atoms with Gasteiger partial charge in [-0.1, -0.05) is 23.7 Å². The third-order valence-electron chi connectivity index (χ3n) is 6.90. The normalized spacial score (nSPS) is 20.7. The van der Waals surface area contributed by atoms with E-state index in [-0.39, 0.29) is 43.3 Å². The standard InChI is InChI=1S/C27H26ClF2N5O/c1-19-4-6-21(33-24(19)35-13-3-12-32-35)17-27(8-2-11-31-27)18-26(30)9-14-34(15-10-26)25(36)20-5-7-23(29)22(28)16-20/h2-8,11-13,16H,9-10,14-15,17-18H2,1H3. The van der Waals surface area contributed by atoms with E-state index in [2.05, 4.69) is 10.1 Å². The second-order valence-electron chi connectivity index (χ2n) is 9.56. The molecule has 1 atom stereocenters. The number of likely N-dealkylation sites (tertiary alicyclic amines) is 1. The van der Waals surface area contributed by atoms with Crippen molar-refractivity contribution in [3.8, 4) is 5.82 Å². The first-order chi connectivity index (χ1) is 17.3. The number of halogens is 3. The van der Waals surface area contributed by atoms with E-state index >= 15 is 4.39 Å². The summed E-state index contributed by atoms with van der Waals surface area (Å²) in [6, 6.07) is 9.67. The molecule has 0 radical (unpaired) electrons. The molecule has 1 aromatic carbocycles. The van der Waals surface area contributed by atoms with E-state index in [4.69, 9.17) is 16.6 Å². The lowest BCUT2D eigenvalue weighted by Gasteiger charge is -2.40. The number of amides is 1. The van der Waals surface area contributed by atoms with Gasteiger partial charge in [0.25, 0.3) is 5.91 Å². The minimum atomic E-state index is -1.49. The van der Waals surface area contributed by atoms with Gasteiger partial charge in [0.15, 0.2) is 5.82 Å². The Morgan fingerprint density at radius 3 is 2.67 bits per heavy atom. The molecule has 9 heteroatoms. The Bertz CT molecular complexity index is 1320. The maximum atomic E-state index is 16.1. The highest BCUT2D eigenvalue weighted by atomic mass is 35.5. The molecular weight excluding hydrogens is 484 g/mol. The molecule has 3 aromatic rings. The zero-order valence-electron chi connectivity index (χ0n) is 19.9. The first-order valence-corrected chi connectivity index (χ1v) is 12.3. The first-order valence-electron chi connectivity index (χ1n) is 11.9. The average molecular weight is 510 g/mol. The Morgan fingerprint density at radius 2 is 2.00 bits per heavy atom. The summed E-state index contributed by atoms with van der Waals surface area (Å²) in [5.41, 5.74) is -0.137. The number of alkyl halides is 1. The largest absolute Gasteiger partial charge is 0.338 e. The molecule has 0 saturated carbocycles. The fraction of sp³-hybridized carbons (Fsp3) is 0.333. The number of aliphatic imine (C=N–C) groups is 1. The number of carbonyl (C=O) groups is 1. The van der Waals surface area contributed by atoms with Gasteiger partial charge in [0.2, 0.25) is 0 Å². The predicted molar refractivity (Wildman–Crippen MR) is 135 cm³/mol. The highest BCUT2D eigenvalue weighted by Crippen LogP contribution is 2.40. The molecule has 4 heterocycles. The second kappa shape index (κ2) is 9.58. The van der Waals surface area contributed by atoms with Crippen LogP contribution in [-0.4, -0.2) is 56.1 Å². The summed E-state index contributed by atoms with van der Waals surface area (Å²) in [5.74, 6) is -0.117. The minimum absolute atomic E-state index is 0.106. The van der Waals surface area contributed by atoms with Gasteiger partial charge in [-0.3, -0.25) is 9.79 Å². The quantitative estimate of drug-likeness (QED) is 0.451. The van der Waals surface area contributed by atoms with Gasteiger partial charge in [-0.2, -0.15) is 5.10 Å². The van der Waals surface area contributed by atoms with Crippen molar-refractivity contribution in [2.24, 2.45) is 4.99 Å². The second-order valence-corrected chi connectivity index (χ2v) is 9.97. The number of aryl methyl sites for hydroxylation is 1. The summed E-state index contributed by atoms with van der Waals surface area (Å²) in [4.78, 5) is 23.9. The Labute approximate surface area is 213 Å². The number of pyridine rings is 1. The monoisotopic (exact) mass is 509 g/mol. The van der Waals surface area contributed by atoms with Crippen LogP contribution in [-0.2, 0) is 6.42 Å². The van der Waals surface area contributed by atoms with E-state index < -0.39 is 17.0 Å². The molecule has 0 aliphatic carbocycles. The number of nitrogens with zero attached hydrogens (tertiary/aromatic N) is 5. The van der Waals surface area contributed by atoms with Crippen LogP contribution in [0.25, 0.3) is 5.82 Å². The van der Waals surface area contributed by atoms with Gasteiger partial charge < -0.3 is 4.90 Å². The van der Waals surface area contributed by atoms with Crippen LogP contribution in [0.1, 0.15) is 40.9 Å². The number of hydrogen-bond donors (Lipinski definition) is 0. The van der Waals surface area contributed by atoms with Gasteiger partial charge in [0.1, 0.15) is 11.5 Å². The van der Waals surface area contributed by atoms with Crippen molar-refractivity contribution in [3.63, 3.8) is 0 Å². The zero-order valence-corrected chi connectivity index (χ0v) is 20.6. The average Bonchev–Trinajstić information content (AvgIpc) is 3.55. The highest BCUT2D eigenvalue weighted by Gasteiger charge is 2.44. The molecule has 5 rings (SSSR count). The third-order valence-corrected chi connectivity index (χ3v) is 7.19. The Balaban J connectivity index is 1.29. The Morgan fingerprint density at radius 1 is 1.19 bits per heavy atom. The van der Waals surface area contributed by atoms with Gasteiger partial charge in [-0.15, -0.1) is 0 Å². The summed E-state index contributed by atoms with van der Waals surface area (Å²) < 4.78 is 31.3. The van der Waals surface area contributed by atoms with Crippen molar-refractivity contribution in [3.05, 3.63) is 88.6 Å². The molecule has 36 heavy (non-hydrogen) atoms. The summed E-state index contributed by atoms with van der Waals surface area (Å²) in [7, 11) is 0. The maximum absolute atomic E-state index is 16.1. The molecule has 0 spiro atoms. The zero-order chi connectivity index (χ0) is 25.3. The number of carbonyl (C=O) groups excluding carboxylic acids is 1. The minimum Gasteiger partial charge on any atom is -0.338 e. The van der Waals surface area contributed by atoms with Crippen molar-refractivity contribution < 1.29 is 13.6 Å². The Hall–Kier alpha value is -3.39. The van der Waals surface area contributed by atoms with Gasteiger partial charge in [0, 0.05) is 55.8 Å². The number of hydrogen-bond acceptors (Lipinski definition) is 4. The summed E-state index contributed by atoms with van der Waals surface area (Å²) in [6.45, 7) is 2.50. The van der Waals surface area contributed by atoms with Crippen LogP contribution in [0.15, 0.2) is 65.9 Å². The first kappa shape index (κ1) is 24.3. The number of benzene rings is 1. The SMILES string of the molecule is Cc1ccc(CC2(CC3(F)CCN(C(=O)c4ccc(F)c(Cl)c4)CC3)C=CC=N2)nc1-n1cccn1. The van der Waals surface area contributed by atoms with E-state index in [1.165, 1.54) is 18.2 Å². The number of piperidine rings is 1. The van der Waals surface area contributed by atoms with E-state index in [9.17, 15) is 9.18 Å². The molecule has 1 fully saturated rings. The molecule has 2 aromatic heterocycles. The van der Waals surface area contributed by atoms with Gasteiger partial charge in [-0.05, 0) is 61.7 Å². The predicted octanol–water partition coefficient (Wildman–Crippen LogP) is 5.32. The summed E-state index contributed by atoms with van der Waals surface area (Å²) in [5, 5.41) is 4.18. The molecule has 6 nitrogen and oxygen atoms in total. The van der Waals surface area contributed by atoms with Crippen molar-refractivity contribution in [1.82, 2.24) is 19.7 Å². The van der Waals surface area contributed by atoms with Crippen molar-refractivity contribution in [2.45, 2.75) is 43.8 Å². The van der Waals surface area contributed by atoms with Crippen molar-refractivity contribution in [2.75, 3.05) is 13.1 Å². The van der Waals surface area contributed by atoms with Crippen LogP contribution in [0.2, 0.25) is 5.02 Å². The summed E-state index contributed by atoms with van der Waals surface area (Å²) in [6.07, 6.45) is 10.1. The van der Waals surface area contributed by atoms with E-state index in [1.807, 2.05) is 43.5 Å². The smallest absolute Gasteiger partial charge is 0.253 e. The lowest BCUT2D eigenvalue weighted by atomic mass is 9.78. The Kier molecular flexibility index (Phi) is 6.47. The molecular formula is C27H26ClF2N5O. The fourth-order valence-electron chi connectivity index (χ4n) is 4.97. The van der Waals surface area contributed by atoms with Crippen molar-refractivity contribution >= 4 is 23.7 Å². The molecule has 1 unspecified atom stereocenters. The number of aromatic nitrogens is 3. The van der Waals surface area contributed by atoms with Gasteiger partial charge >= 0.3 is 0 Å². The maximum Gasteiger partial charge on any atom is 0.253 e. The van der Waals surface area contributed by atoms with Crippen LogP contribution in [0.3, 0.4) is 0 Å². The van der Waals surface area contributed by atoms with Crippen LogP contribution in [0.5, 0.6) is 0 Å². The van der Waals surface area contributed by atoms with Crippen LogP contribution in [0, 0.1) is 12.7 Å². The summed E-state index contributed by atoms with van der Waals surface area (Å²) >= 11 is 5.83. The fourth-order valence-corrected chi connectivity index (χ4v) is 5.15. The van der Waals surface area contributed by atoms with Crippen LogP contribution in [0.4, 0.5) is 8.78 Å². The lowest BCUT2D eigenvalue weighted by molar-refractivity contribution is 0.0322. The van der Waals surface area contributed by atoms with E-state index in [0.717, 1.165) is 17.1 Å². The topological polar surface area (TPSA) is 63.4 Å². The van der Waals surface area contributed by atoms with E-state index in [0.29, 0.717) is 12.0 Å². The molecule has 1 amide bonds. The molecule has 0 N–H and O–H groups in total. The third kappa shape index (κ3) is 4.95. The number of allylic oxidation sites excluding steroid dienone is 1. The molecule has 2 aliphatic heterocycles.